The zero-order valence-corrected chi connectivity index (χ0v) is 14.6. The number of rotatable bonds is 6. The molecule has 0 aliphatic carbocycles. The predicted molar refractivity (Wildman–Crippen MR) is 99.4 cm³/mol. The smallest absolute Gasteiger partial charge is 0.256 e. The maximum atomic E-state index is 12.1. The van der Waals surface area contributed by atoms with E-state index in [1.807, 2.05) is 6.07 Å². The van der Waals surface area contributed by atoms with Crippen molar-refractivity contribution in [3.63, 3.8) is 0 Å². The summed E-state index contributed by atoms with van der Waals surface area (Å²) in [7, 11) is 0. The molecule has 7 heteroatoms. The lowest BCUT2D eigenvalue weighted by Gasteiger charge is -2.26. The van der Waals surface area contributed by atoms with Crippen LogP contribution in [0.1, 0.15) is 10.4 Å². The van der Waals surface area contributed by atoms with Crippen molar-refractivity contribution in [3.8, 4) is 0 Å². The van der Waals surface area contributed by atoms with Crippen LogP contribution in [0.3, 0.4) is 0 Å². The Balaban J connectivity index is 1.46. The molecule has 1 fully saturated rings. The van der Waals surface area contributed by atoms with E-state index in [4.69, 9.17) is 16.3 Å². The second-order valence-electron chi connectivity index (χ2n) is 5.77. The van der Waals surface area contributed by atoms with Crippen molar-refractivity contribution in [1.29, 1.82) is 0 Å². The number of carbonyl (C=O) groups is 1. The van der Waals surface area contributed by atoms with Crippen LogP contribution >= 0.6 is 11.6 Å². The number of hydrogen-bond acceptors (Lipinski definition) is 5. The van der Waals surface area contributed by atoms with Gasteiger partial charge in [0.25, 0.3) is 5.91 Å². The average molecular weight is 361 g/mol. The maximum absolute atomic E-state index is 12.1. The number of halogens is 1. The van der Waals surface area contributed by atoms with Crippen molar-refractivity contribution in [3.05, 3.63) is 53.2 Å². The third-order valence-electron chi connectivity index (χ3n) is 3.97. The summed E-state index contributed by atoms with van der Waals surface area (Å²) in [4.78, 5) is 18.8. The molecule has 2 N–H and O–H groups in total. The van der Waals surface area contributed by atoms with E-state index in [1.165, 1.54) is 0 Å². The molecule has 0 saturated carbocycles. The highest BCUT2D eigenvalue weighted by molar-refractivity contribution is 6.30. The Labute approximate surface area is 152 Å². The molecule has 1 aliphatic rings. The molecule has 0 bridgehead atoms. The van der Waals surface area contributed by atoms with Gasteiger partial charge in [-0.3, -0.25) is 9.69 Å². The Morgan fingerprint density at radius 3 is 2.60 bits per heavy atom. The molecule has 132 valence electrons. The number of benzene rings is 1. The van der Waals surface area contributed by atoms with Gasteiger partial charge in [-0.1, -0.05) is 11.6 Å². The molecule has 1 amide bonds. The van der Waals surface area contributed by atoms with Gasteiger partial charge in [0.15, 0.2) is 0 Å². The minimum absolute atomic E-state index is 0.211. The van der Waals surface area contributed by atoms with Crippen molar-refractivity contribution in [2.24, 2.45) is 0 Å². The summed E-state index contributed by atoms with van der Waals surface area (Å²) in [5.74, 6) is 0.302. The molecule has 3 rings (SSSR count). The van der Waals surface area contributed by atoms with Crippen LogP contribution in [0.4, 0.5) is 11.5 Å². The van der Waals surface area contributed by atoms with Crippen LogP contribution in [0, 0.1) is 0 Å². The van der Waals surface area contributed by atoms with Gasteiger partial charge in [0.2, 0.25) is 0 Å². The molecule has 1 aromatic carbocycles. The van der Waals surface area contributed by atoms with Gasteiger partial charge in [0.1, 0.15) is 5.82 Å². The maximum Gasteiger partial charge on any atom is 0.256 e. The Hall–Kier alpha value is -2.15. The van der Waals surface area contributed by atoms with E-state index < -0.39 is 0 Å². The number of anilines is 2. The van der Waals surface area contributed by atoms with Crippen LogP contribution in [-0.2, 0) is 4.74 Å². The molecule has 0 unspecified atom stereocenters. The van der Waals surface area contributed by atoms with E-state index in [9.17, 15) is 4.79 Å². The SMILES string of the molecule is O=C(Nc1ccc(NCCN2CCOCC2)cn1)c1ccc(Cl)cc1. The van der Waals surface area contributed by atoms with Crippen LogP contribution in [-0.4, -0.2) is 55.2 Å². The number of nitrogens with one attached hydrogen (secondary N) is 2. The number of pyridine rings is 1. The van der Waals surface area contributed by atoms with E-state index in [0.29, 0.717) is 16.4 Å². The van der Waals surface area contributed by atoms with Gasteiger partial charge >= 0.3 is 0 Å². The molecule has 0 radical (unpaired) electrons. The van der Waals surface area contributed by atoms with Gasteiger partial charge in [-0.25, -0.2) is 4.98 Å². The lowest BCUT2D eigenvalue weighted by atomic mass is 10.2. The van der Waals surface area contributed by atoms with E-state index in [1.54, 1.807) is 36.5 Å². The molecule has 1 aromatic heterocycles. The van der Waals surface area contributed by atoms with E-state index in [0.717, 1.165) is 45.1 Å². The van der Waals surface area contributed by atoms with E-state index in [-0.39, 0.29) is 5.91 Å². The summed E-state index contributed by atoms with van der Waals surface area (Å²) in [5.41, 5.74) is 1.47. The van der Waals surface area contributed by atoms with Crippen molar-refractivity contribution in [2.75, 3.05) is 50.0 Å². The first-order valence-corrected chi connectivity index (χ1v) is 8.65. The number of nitrogens with zero attached hydrogens (tertiary/aromatic N) is 2. The minimum Gasteiger partial charge on any atom is -0.383 e. The van der Waals surface area contributed by atoms with Crippen molar-refractivity contribution in [2.45, 2.75) is 0 Å². The van der Waals surface area contributed by atoms with Gasteiger partial charge in [-0.2, -0.15) is 0 Å². The highest BCUT2D eigenvalue weighted by atomic mass is 35.5. The van der Waals surface area contributed by atoms with Crippen molar-refractivity contribution < 1.29 is 9.53 Å². The fraction of sp³-hybridized carbons (Fsp3) is 0.333. The monoisotopic (exact) mass is 360 g/mol. The quantitative estimate of drug-likeness (QED) is 0.829. The molecule has 0 atom stereocenters. The Morgan fingerprint density at radius 1 is 1.16 bits per heavy atom. The van der Waals surface area contributed by atoms with Gasteiger partial charge in [-0.15, -0.1) is 0 Å². The summed E-state index contributed by atoms with van der Waals surface area (Å²) in [6.45, 7) is 5.40. The molecule has 2 heterocycles. The van der Waals surface area contributed by atoms with Crippen LogP contribution < -0.4 is 10.6 Å². The van der Waals surface area contributed by atoms with Crippen LogP contribution in [0.2, 0.25) is 5.02 Å². The minimum atomic E-state index is -0.211. The summed E-state index contributed by atoms with van der Waals surface area (Å²) < 4.78 is 5.33. The van der Waals surface area contributed by atoms with Gasteiger partial charge in [-0.05, 0) is 36.4 Å². The number of ether oxygens (including phenoxy) is 1. The fourth-order valence-corrected chi connectivity index (χ4v) is 2.67. The number of carbonyl (C=O) groups excluding carboxylic acids is 1. The predicted octanol–water partition coefficient (Wildman–Crippen LogP) is 2.73. The zero-order valence-electron chi connectivity index (χ0n) is 13.9. The highest BCUT2D eigenvalue weighted by Gasteiger charge is 2.09. The molecule has 6 nitrogen and oxygen atoms in total. The molecule has 2 aromatic rings. The number of aromatic nitrogens is 1. The van der Waals surface area contributed by atoms with E-state index >= 15 is 0 Å². The summed E-state index contributed by atoms with van der Waals surface area (Å²) >= 11 is 5.82. The normalized spacial score (nSPS) is 14.9. The molecular formula is C18H21ClN4O2. The standard InChI is InChI=1S/C18H21ClN4O2/c19-15-3-1-14(2-4-15)18(24)22-17-6-5-16(13-21-17)20-7-8-23-9-11-25-12-10-23/h1-6,13,20H,7-12H2,(H,21,22,24). The third kappa shape index (κ3) is 5.42. The average Bonchev–Trinajstić information content (AvgIpc) is 2.64. The van der Waals surface area contributed by atoms with Crippen molar-refractivity contribution >= 4 is 29.0 Å². The fourth-order valence-electron chi connectivity index (χ4n) is 2.55. The Morgan fingerprint density at radius 2 is 1.92 bits per heavy atom. The molecular weight excluding hydrogens is 340 g/mol. The highest BCUT2D eigenvalue weighted by Crippen LogP contribution is 2.13. The molecule has 0 spiro atoms. The lowest BCUT2D eigenvalue weighted by molar-refractivity contribution is 0.0398. The summed E-state index contributed by atoms with van der Waals surface area (Å²) in [6.07, 6.45) is 1.72. The second-order valence-corrected chi connectivity index (χ2v) is 6.21. The van der Waals surface area contributed by atoms with Gasteiger partial charge < -0.3 is 15.4 Å². The largest absolute Gasteiger partial charge is 0.383 e. The van der Waals surface area contributed by atoms with Crippen molar-refractivity contribution in [1.82, 2.24) is 9.88 Å². The third-order valence-corrected chi connectivity index (χ3v) is 4.22. The van der Waals surface area contributed by atoms with Gasteiger partial charge in [0.05, 0.1) is 25.1 Å². The van der Waals surface area contributed by atoms with Crippen LogP contribution in [0.5, 0.6) is 0 Å². The summed E-state index contributed by atoms with van der Waals surface area (Å²) in [5, 5.41) is 6.71. The second kappa shape index (κ2) is 8.80. The lowest BCUT2D eigenvalue weighted by Crippen LogP contribution is -2.39. The number of amides is 1. The number of hydrogen-bond donors (Lipinski definition) is 2. The molecule has 25 heavy (non-hydrogen) atoms. The Kier molecular flexibility index (Phi) is 6.22. The Bertz CT molecular complexity index is 685. The molecule has 1 aliphatic heterocycles. The van der Waals surface area contributed by atoms with E-state index in [2.05, 4.69) is 20.5 Å². The van der Waals surface area contributed by atoms with Crippen LogP contribution in [0.15, 0.2) is 42.6 Å². The molecule has 1 saturated heterocycles. The summed E-state index contributed by atoms with van der Waals surface area (Å²) in [6, 6.07) is 10.4. The first-order valence-electron chi connectivity index (χ1n) is 8.28. The first kappa shape index (κ1) is 17.7. The topological polar surface area (TPSA) is 66.5 Å². The number of morpholine rings is 1. The zero-order chi connectivity index (χ0) is 17.5. The van der Waals surface area contributed by atoms with Gasteiger partial charge in [0, 0.05) is 36.8 Å². The first-order chi connectivity index (χ1) is 12.2. The van der Waals surface area contributed by atoms with Crippen LogP contribution in [0.25, 0.3) is 0 Å².